The minimum absolute atomic E-state index is 0.241. The molecule has 112 valence electrons. The Balaban J connectivity index is 2.22. The highest BCUT2D eigenvalue weighted by Crippen LogP contribution is 2.32. The zero-order valence-electron chi connectivity index (χ0n) is 12.1. The van der Waals surface area contributed by atoms with Gasteiger partial charge in [0.1, 0.15) is 17.4 Å². The number of rotatable bonds is 2. The van der Waals surface area contributed by atoms with Crippen LogP contribution in [0.3, 0.4) is 0 Å². The Labute approximate surface area is 126 Å². The molecule has 0 saturated carbocycles. The van der Waals surface area contributed by atoms with Gasteiger partial charge in [-0.25, -0.2) is 4.98 Å². The molecule has 2 atom stereocenters. The van der Waals surface area contributed by atoms with Gasteiger partial charge in [0.15, 0.2) is 5.65 Å². The molecule has 7 nitrogen and oxygen atoms in total. The SMILES string of the molecule is Cc1nn(C)c2c1nc(C(C)Cl)n2C1CCC(=O)NC1=O. The van der Waals surface area contributed by atoms with Crippen LogP contribution in [-0.2, 0) is 16.6 Å². The highest BCUT2D eigenvalue weighted by atomic mass is 35.5. The minimum Gasteiger partial charge on any atom is -0.299 e. The molecule has 2 amide bonds. The molecule has 3 heterocycles. The topological polar surface area (TPSA) is 81.8 Å². The molecule has 8 heteroatoms. The molecule has 2 aromatic rings. The highest BCUT2D eigenvalue weighted by molar-refractivity contribution is 6.20. The fourth-order valence-corrected chi connectivity index (χ4v) is 2.98. The fraction of sp³-hybridized carbons (Fsp3) is 0.538. The number of carbonyl (C=O) groups is 2. The zero-order chi connectivity index (χ0) is 15.3. The van der Waals surface area contributed by atoms with Gasteiger partial charge in [-0.15, -0.1) is 11.6 Å². The Morgan fingerprint density at radius 3 is 2.76 bits per heavy atom. The monoisotopic (exact) mass is 309 g/mol. The van der Waals surface area contributed by atoms with E-state index in [4.69, 9.17) is 11.6 Å². The highest BCUT2D eigenvalue weighted by Gasteiger charge is 2.33. The van der Waals surface area contributed by atoms with Crippen LogP contribution in [0.2, 0.25) is 0 Å². The number of aryl methyl sites for hydroxylation is 2. The van der Waals surface area contributed by atoms with Gasteiger partial charge in [0.05, 0.1) is 11.1 Å². The average Bonchev–Trinajstić information content (AvgIpc) is 2.90. The quantitative estimate of drug-likeness (QED) is 0.671. The van der Waals surface area contributed by atoms with Crippen molar-refractivity contribution in [1.82, 2.24) is 24.6 Å². The number of halogens is 1. The molecule has 0 aliphatic carbocycles. The molecule has 21 heavy (non-hydrogen) atoms. The molecule has 0 aromatic carbocycles. The van der Waals surface area contributed by atoms with Crippen LogP contribution in [0.5, 0.6) is 0 Å². The van der Waals surface area contributed by atoms with Crippen LogP contribution < -0.4 is 5.32 Å². The van der Waals surface area contributed by atoms with Crippen LogP contribution in [0.4, 0.5) is 0 Å². The number of fused-ring (bicyclic) bond motifs is 1. The number of aromatic nitrogens is 4. The van der Waals surface area contributed by atoms with Gasteiger partial charge in [-0.1, -0.05) is 0 Å². The summed E-state index contributed by atoms with van der Waals surface area (Å²) >= 11 is 6.23. The summed E-state index contributed by atoms with van der Waals surface area (Å²) in [6.07, 6.45) is 0.750. The molecule has 0 bridgehead atoms. The maximum atomic E-state index is 12.2. The van der Waals surface area contributed by atoms with Gasteiger partial charge in [-0.05, 0) is 20.3 Å². The fourth-order valence-electron chi connectivity index (χ4n) is 2.83. The second-order valence-corrected chi connectivity index (χ2v) is 5.96. The van der Waals surface area contributed by atoms with E-state index in [2.05, 4.69) is 15.4 Å². The largest absolute Gasteiger partial charge is 0.299 e. The van der Waals surface area contributed by atoms with E-state index in [9.17, 15) is 9.59 Å². The van der Waals surface area contributed by atoms with Crippen LogP contribution in [-0.4, -0.2) is 31.1 Å². The van der Waals surface area contributed by atoms with Gasteiger partial charge in [0.2, 0.25) is 11.8 Å². The van der Waals surface area contributed by atoms with Gasteiger partial charge in [0, 0.05) is 13.5 Å². The third kappa shape index (κ3) is 2.12. The molecule has 2 unspecified atom stereocenters. The normalized spacial score (nSPS) is 20.9. The summed E-state index contributed by atoms with van der Waals surface area (Å²) in [5.74, 6) is 0.0644. The lowest BCUT2D eigenvalue weighted by molar-refractivity contribution is -0.135. The van der Waals surface area contributed by atoms with Gasteiger partial charge in [0.25, 0.3) is 0 Å². The van der Waals surface area contributed by atoms with E-state index >= 15 is 0 Å². The van der Waals surface area contributed by atoms with Crippen LogP contribution in [0, 0.1) is 6.92 Å². The molecule has 0 radical (unpaired) electrons. The van der Waals surface area contributed by atoms with E-state index in [0.29, 0.717) is 18.7 Å². The Morgan fingerprint density at radius 1 is 1.43 bits per heavy atom. The summed E-state index contributed by atoms with van der Waals surface area (Å²) in [4.78, 5) is 28.1. The number of imidazole rings is 1. The third-order valence-corrected chi connectivity index (χ3v) is 3.94. The lowest BCUT2D eigenvalue weighted by atomic mass is 10.1. The van der Waals surface area contributed by atoms with Gasteiger partial charge < -0.3 is 0 Å². The summed E-state index contributed by atoms with van der Waals surface area (Å²) in [5, 5.41) is 6.37. The van der Waals surface area contributed by atoms with Crippen LogP contribution in [0.15, 0.2) is 0 Å². The predicted molar refractivity (Wildman–Crippen MR) is 76.9 cm³/mol. The van der Waals surface area contributed by atoms with E-state index in [-0.39, 0.29) is 17.2 Å². The first-order valence-corrected chi connectivity index (χ1v) is 7.23. The Bertz CT molecular complexity index is 745. The van der Waals surface area contributed by atoms with Crippen molar-refractivity contribution in [2.24, 2.45) is 7.05 Å². The molecular formula is C13H16ClN5O2. The first kappa shape index (κ1) is 14.1. The van der Waals surface area contributed by atoms with Crippen molar-refractivity contribution < 1.29 is 9.59 Å². The van der Waals surface area contributed by atoms with Gasteiger partial charge in [-0.3, -0.25) is 24.2 Å². The number of amides is 2. The molecule has 1 saturated heterocycles. The predicted octanol–water partition coefficient (Wildman–Crippen LogP) is 1.36. The number of imide groups is 1. The molecule has 1 aliphatic heterocycles. The Hall–Kier alpha value is -1.89. The zero-order valence-corrected chi connectivity index (χ0v) is 12.8. The van der Waals surface area contributed by atoms with Gasteiger partial charge in [-0.2, -0.15) is 5.10 Å². The number of hydrogen-bond acceptors (Lipinski definition) is 4. The lowest BCUT2D eigenvalue weighted by Crippen LogP contribution is -2.42. The summed E-state index contributed by atoms with van der Waals surface area (Å²) in [6.45, 7) is 3.68. The van der Waals surface area contributed by atoms with Crippen molar-refractivity contribution in [3.63, 3.8) is 0 Å². The number of alkyl halides is 1. The summed E-state index contributed by atoms with van der Waals surface area (Å²) < 4.78 is 3.51. The lowest BCUT2D eigenvalue weighted by Gasteiger charge is -2.24. The Morgan fingerprint density at radius 2 is 2.14 bits per heavy atom. The number of piperidine rings is 1. The van der Waals surface area contributed by atoms with Crippen molar-refractivity contribution in [3.05, 3.63) is 11.5 Å². The average molecular weight is 310 g/mol. The molecule has 3 rings (SSSR count). The molecule has 1 N–H and O–H groups in total. The van der Waals surface area contributed by atoms with Crippen molar-refractivity contribution in [1.29, 1.82) is 0 Å². The molecular weight excluding hydrogens is 294 g/mol. The molecule has 1 aliphatic rings. The maximum absolute atomic E-state index is 12.2. The summed E-state index contributed by atoms with van der Waals surface area (Å²) in [7, 11) is 1.81. The van der Waals surface area contributed by atoms with E-state index in [1.807, 2.05) is 25.5 Å². The second-order valence-electron chi connectivity index (χ2n) is 5.30. The number of carbonyl (C=O) groups excluding carboxylic acids is 2. The first-order chi connectivity index (χ1) is 9.90. The standard InChI is InChI=1S/C13H16ClN5O2/c1-6(14)11-16-10-7(2)17-18(3)13(10)19(11)8-4-5-9(20)15-12(8)21/h6,8H,4-5H2,1-3H3,(H,15,20,21). The third-order valence-electron chi connectivity index (χ3n) is 3.74. The molecule has 1 fully saturated rings. The van der Waals surface area contributed by atoms with Crippen molar-refractivity contribution in [2.45, 2.75) is 38.1 Å². The number of nitrogens with one attached hydrogen (secondary N) is 1. The number of nitrogens with zero attached hydrogens (tertiary/aromatic N) is 4. The maximum Gasteiger partial charge on any atom is 0.249 e. The van der Waals surface area contributed by atoms with Crippen molar-refractivity contribution in [3.8, 4) is 0 Å². The van der Waals surface area contributed by atoms with Crippen molar-refractivity contribution >= 4 is 34.6 Å². The molecule has 2 aromatic heterocycles. The first-order valence-electron chi connectivity index (χ1n) is 6.79. The summed E-state index contributed by atoms with van der Waals surface area (Å²) in [5.41, 5.74) is 2.28. The van der Waals surface area contributed by atoms with E-state index < -0.39 is 6.04 Å². The van der Waals surface area contributed by atoms with E-state index in [1.54, 1.807) is 4.68 Å². The smallest absolute Gasteiger partial charge is 0.249 e. The van der Waals surface area contributed by atoms with Crippen LogP contribution in [0.25, 0.3) is 11.2 Å². The minimum atomic E-state index is -0.487. The van der Waals surface area contributed by atoms with Crippen molar-refractivity contribution in [2.75, 3.05) is 0 Å². The van der Waals surface area contributed by atoms with Crippen LogP contribution >= 0.6 is 11.6 Å². The van der Waals surface area contributed by atoms with Gasteiger partial charge >= 0.3 is 0 Å². The second kappa shape index (κ2) is 4.84. The van der Waals surface area contributed by atoms with E-state index in [1.165, 1.54) is 0 Å². The number of hydrogen-bond donors (Lipinski definition) is 1. The van der Waals surface area contributed by atoms with E-state index in [0.717, 1.165) is 16.9 Å². The summed E-state index contributed by atoms with van der Waals surface area (Å²) in [6, 6.07) is -0.487. The molecule has 0 spiro atoms. The van der Waals surface area contributed by atoms with Crippen LogP contribution in [0.1, 0.15) is 42.7 Å². The Kier molecular flexibility index (Phi) is 3.24.